The fraction of sp³-hybridized carbons (Fsp3) is 1.00. The monoisotopic (exact) mass is 245 g/mol. The third-order valence-electron chi connectivity index (χ3n) is 2.19. The van der Waals surface area contributed by atoms with Crippen LogP contribution in [0.2, 0.25) is 0 Å². The second-order valence-corrected chi connectivity index (χ2v) is 7.93. The lowest BCUT2D eigenvalue weighted by molar-refractivity contribution is 0.571. The van der Waals surface area contributed by atoms with E-state index in [1.54, 1.807) is 0 Å². The highest BCUT2D eigenvalue weighted by molar-refractivity contribution is 6.50. The van der Waals surface area contributed by atoms with Gasteiger partial charge in [0, 0.05) is 0 Å². The van der Waals surface area contributed by atoms with Crippen LogP contribution in [0.5, 0.6) is 0 Å². The van der Waals surface area contributed by atoms with Gasteiger partial charge in [-0.15, -0.1) is 0 Å². The van der Waals surface area contributed by atoms with E-state index >= 15 is 0 Å². The molecule has 16 heavy (non-hydrogen) atoms. The van der Waals surface area contributed by atoms with Gasteiger partial charge in [0.25, 0.3) is 9.28 Å². The van der Waals surface area contributed by atoms with Crippen molar-refractivity contribution in [2.24, 2.45) is 17.8 Å². The highest BCUT2D eigenvalue weighted by atomic mass is 28.3. The minimum atomic E-state index is -1.15. The number of hydrogen-bond acceptors (Lipinski definition) is 3. The molecule has 0 aliphatic heterocycles. The second-order valence-electron chi connectivity index (χ2n) is 5.84. The Balaban J connectivity index is 3.85. The van der Waals surface area contributed by atoms with Gasteiger partial charge in [-0.1, -0.05) is 41.5 Å². The molecule has 0 rings (SSSR count). The van der Waals surface area contributed by atoms with E-state index in [9.17, 15) is 0 Å². The Kier molecular flexibility index (Phi) is 9.22. The van der Waals surface area contributed by atoms with Crippen LogP contribution in [0.4, 0.5) is 0 Å². The maximum atomic E-state index is 3.65. The van der Waals surface area contributed by atoms with Gasteiger partial charge in [-0.3, -0.25) is 0 Å². The molecule has 3 nitrogen and oxygen atoms in total. The fourth-order valence-electron chi connectivity index (χ4n) is 1.28. The Morgan fingerprint density at radius 2 is 0.875 bits per heavy atom. The van der Waals surface area contributed by atoms with Crippen LogP contribution in [-0.2, 0) is 0 Å². The molecule has 0 aromatic heterocycles. The SMILES string of the molecule is CC(C)CN[SiH](NCC(C)C)NCC(C)C. The summed E-state index contributed by atoms with van der Waals surface area (Å²) >= 11 is 0. The summed E-state index contributed by atoms with van der Waals surface area (Å²) in [6.45, 7) is 16.8. The van der Waals surface area contributed by atoms with Gasteiger partial charge in [0.1, 0.15) is 0 Å². The number of rotatable bonds is 9. The first-order valence-corrected chi connectivity index (χ1v) is 8.35. The van der Waals surface area contributed by atoms with Crippen LogP contribution in [-0.4, -0.2) is 28.9 Å². The second kappa shape index (κ2) is 9.16. The van der Waals surface area contributed by atoms with Gasteiger partial charge in [-0.2, -0.15) is 0 Å². The van der Waals surface area contributed by atoms with Gasteiger partial charge >= 0.3 is 0 Å². The molecule has 0 aliphatic carbocycles. The van der Waals surface area contributed by atoms with Crippen molar-refractivity contribution in [2.75, 3.05) is 19.6 Å². The molecule has 0 fully saturated rings. The summed E-state index contributed by atoms with van der Waals surface area (Å²) in [5, 5.41) is 0. The van der Waals surface area contributed by atoms with E-state index in [-0.39, 0.29) is 0 Å². The van der Waals surface area contributed by atoms with Crippen molar-refractivity contribution in [1.29, 1.82) is 0 Å². The molecule has 0 aromatic carbocycles. The van der Waals surface area contributed by atoms with Gasteiger partial charge < -0.3 is 14.9 Å². The maximum absolute atomic E-state index is 3.65. The lowest BCUT2D eigenvalue weighted by Gasteiger charge is -2.22. The largest absolute Gasteiger partial charge is 0.316 e. The highest BCUT2D eigenvalue weighted by Gasteiger charge is 2.11. The molecule has 0 unspecified atom stereocenters. The van der Waals surface area contributed by atoms with Crippen LogP contribution in [0, 0.1) is 17.8 Å². The van der Waals surface area contributed by atoms with Crippen LogP contribution in [0.3, 0.4) is 0 Å². The van der Waals surface area contributed by atoms with Gasteiger partial charge in [0.2, 0.25) is 0 Å². The Labute approximate surface area is 104 Å². The molecule has 0 radical (unpaired) electrons. The van der Waals surface area contributed by atoms with Gasteiger partial charge in [-0.05, 0) is 37.4 Å². The van der Waals surface area contributed by atoms with Crippen LogP contribution in [0.1, 0.15) is 41.5 Å². The van der Waals surface area contributed by atoms with E-state index in [0.29, 0.717) is 0 Å². The van der Waals surface area contributed by atoms with Crippen molar-refractivity contribution in [1.82, 2.24) is 14.9 Å². The first-order chi connectivity index (χ1) is 7.41. The standard InChI is InChI=1S/C12H31N3Si/c1-10(2)7-13-16(14-8-11(3)4)15-9-12(5)6/h10-16H,7-9H2,1-6H3. The molecule has 0 spiro atoms. The van der Waals surface area contributed by atoms with Crippen molar-refractivity contribution < 1.29 is 0 Å². The van der Waals surface area contributed by atoms with Crippen LogP contribution in [0.15, 0.2) is 0 Å². The fourth-order valence-corrected chi connectivity index (χ4v) is 3.83. The Morgan fingerprint density at radius 3 is 1.06 bits per heavy atom. The van der Waals surface area contributed by atoms with Crippen molar-refractivity contribution in [3.05, 3.63) is 0 Å². The molecule has 0 amide bonds. The van der Waals surface area contributed by atoms with E-state index in [4.69, 9.17) is 0 Å². The third kappa shape index (κ3) is 10.6. The van der Waals surface area contributed by atoms with E-state index in [1.807, 2.05) is 0 Å². The predicted molar refractivity (Wildman–Crippen MR) is 75.7 cm³/mol. The highest BCUT2D eigenvalue weighted by Crippen LogP contribution is 1.91. The maximum Gasteiger partial charge on any atom is 0.264 e. The first kappa shape index (κ1) is 16.1. The molecular formula is C12H31N3Si. The van der Waals surface area contributed by atoms with Gasteiger partial charge in [0.15, 0.2) is 0 Å². The van der Waals surface area contributed by atoms with Crippen LogP contribution in [0.25, 0.3) is 0 Å². The molecule has 0 aromatic rings. The smallest absolute Gasteiger partial charge is 0.264 e. The van der Waals surface area contributed by atoms with Crippen molar-refractivity contribution in [3.63, 3.8) is 0 Å². The molecule has 0 atom stereocenters. The number of hydrogen-bond donors (Lipinski definition) is 3. The summed E-state index contributed by atoms with van der Waals surface area (Å²) in [4.78, 5) is 10.9. The third-order valence-corrected chi connectivity index (χ3v) is 4.12. The molecule has 0 aliphatic rings. The summed E-state index contributed by atoms with van der Waals surface area (Å²) < 4.78 is 0. The topological polar surface area (TPSA) is 36.1 Å². The summed E-state index contributed by atoms with van der Waals surface area (Å²) in [5.74, 6) is 2.16. The molecule has 98 valence electrons. The summed E-state index contributed by atoms with van der Waals surface area (Å²) in [5.41, 5.74) is 0. The van der Waals surface area contributed by atoms with Crippen molar-refractivity contribution in [3.8, 4) is 0 Å². The molecule has 3 N–H and O–H groups in total. The summed E-state index contributed by atoms with van der Waals surface area (Å²) in [6.07, 6.45) is 0. The normalized spacial score (nSPS) is 12.4. The van der Waals surface area contributed by atoms with E-state index < -0.39 is 9.28 Å². The zero-order valence-electron chi connectivity index (χ0n) is 11.9. The zero-order chi connectivity index (χ0) is 12.6. The Bertz CT molecular complexity index is 132. The predicted octanol–water partition coefficient (Wildman–Crippen LogP) is 1.44. The van der Waals surface area contributed by atoms with Gasteiger partial charge in [0.05, 0.1) is 0 Å². The molecule has 0 heterocycles. The van der Waals surface area contributed by atoms with Crippen molar-refractivity contribution in [2.45, 2.75) is 41.5 Å². The van der Waals surface area contributed by atoms with E-state index in [0.717, 1.165) is 37.4 Å². The first-order valence-electron chi connectivity index (χ1n) is 6.62. The van der Waals surface area contributed by atoms with E-state index in [1.165, 1.54) is 0 Å². The lowest BCUT2D eigenvalue weighted by Crippen LogP contribution is -2.60. The summed E-state index contributed by atoms with van der Waals surface area (Å²) in [7, 11) is -1.15. The quantitative estimate of drug-likeness (QED) is 0.538. The lowest BCUT2D eigenvalue weighted by atomic mass is 10.2. The van der Waals surface area contributed by atoms with E-state index in [2.05, 4.69) is 56.5 Å². The summed E-state index contributed by atoms with van der Waals surface area (Å²) in [6, 6.07) is 0. The zero-order valence-corrected chi connectivity index (χ0v) is 13.1. The number of nitrogens with one attached hydrogen (secondary N) is 3. The molecule has 0 saturated carbocycles. The average Bonchev–Trinajstić information content (AvgIpc) is 2.15. The van der Waals surface area contributed by atoms with Crippen LogP contribution < -0.4 is 14.9 Å². The molecular weight excluding hydrogens is 214 g/mol. The average molecular weight is 245 g/mol. The van der Waals surface area contributed by atoms with Crippen molar-refractivity contribution >= 4 is 9.28 Å². The van der Waals surface area contributed by atoms with Crippen LogP contribution >= 0.6 is 0 Å². The molecule has 0 saturated heterocycles. The molecule has 0 bridgehead atoms. The Hall–Kier alpha value is 0.0969. The minimum Gasteiger partial charge on any atom is -0.316 e. The molecule has 4 heteroatoms. The Morgan fingerprint density at radius 1 is 0.625 bits per heavy atom. The minimum absolute atomic E-state index is 0.719. The van der Waals surface area contributed by atoms with Gasteiger partial charge in [-0.25, -0.2) is 0 Å².